The van der Waals surface area contributed by atoms with Crippen molar-refractivity contribution in [2.75, 3.05) is 27.4 Å². The van der Waals surface area contributed by atoms with E-state index in [4.69, 9.17) is 21.1 Å². The van der Waals surface area contributed by atoms with Crippen molar-refractivity contribution >= 4 is 23.6 Å². The topological polar surface area (TPSA) is 67.9 Å². The molecule has 0 fully saturated rings. The van der Waals surface area contributed by atoms with E-state index >= 15 is 0 Å². The number of allylic oxidation sites excluding steroid dienone is 1. The summed E-state index contributed by atoms with van der Waals surface area (Å²) in [5, 5.41) is 3.42. The maximum absolute atomic E-state index is 12.4. The molecule has 0 saturated carbocycles. The summed E-state index contributed by atoms with van der Waals surface area (Å²) in [6.45, 7) is 2.44. The third-order valence-electron chi connectivity index (χ3n) is 3.72. The van der Waals surface area contributed by atoms with Gasteiger partial charge in [-0.1, -0.05) is 23.7 Å². The minimum atomic E-state index is -0.578. The van der Waals surface area contributed by atoms with Gasteiger partial charge in [0.25, 0.3) is 0 Å². The number of amides is 2. The highest BCUT2D eigenvalue weighted by atomic mass is 35.5. The van der Waals surface area contributed by atoms with Gasteiger partial charge in [0.15, 0.2) is 0 Å². The number of methoxy groups -OCH3 is 2. The highest BCUT2D eigenvalue weighted by molar-refractivity contribution is 6.30. The molecule has 1 N–H and O–H groups in total. The summed E-state index contributed by atoms with van der Waals surface area (Å²) in [6.07, 6.45) is 0. The van der Waals surface area contributed by atoms with Gasteiger partial charge in [0, 0.05) is 17.8 Å². The van der Waals surface area contributed by atoms with Gasteiger partial charge in [0.05, 0.1) is 31.9 Å². The predicted octanol–water partition coefficient (Wildman–Crippen LogP) is 2.50. The highest BCUT2D eigenvalue weighted by Crippen LogP contribution is 2.31. The molecule has 1 heterocycles. The molecule has 1 aromatic carbocycles. The van der Waals surface area contributed by atoms with E-state index in [2.05, 4.69) is 5.32 Å². The van der Waals surface area contributed by atoms with Crippen molar-refractivity contribution in [3.05, 3.63) is 46.1 Å². The summed E-state index contributed by atoms with van der Waals surface area (Å²) in [7, 11) is 2.87. The van der Waals surface area contributed by atoms with Crippen LogP contribution >= 0.6 is 11.6 Å². The number of carbonyl (C=O) groups excluding carboxylic acids is 2. The van der Waals surface area contributed by atoms with Crippen molar-refractivity contribution in [3.8, 4) is 0 Å². The maximum atomic E-state index is 12.4. The zero-order chi connectivity index (χ0) is 17.0. The largest absolute Gasteiger partial charge is 0.466 e. The van der Waals surface area contributed by atoms with Crippen LogP contribution in [0.15, 0.2) is 35.5 Å². The van der Waals surface area contributed by atoms with Crippen molar-refractivity contribution in [1.82, 2.24) is 10.2 Å². The molecule has 1 aliphatic rings. The van der Waals surface area contributed by atoms with Crippen LogP contribution in [0.3, 0.4) is 0 Å². The van der Waals surface area contributed by atoms with E-state index in [0.29, 0.717) is 29.4 Å². The monoisotopic (exact) mass is 338 g/mol. The molecule has 1 aromatic rings. The lowest BCUT2D eigenvalue weighted by molar-refractivity contribution is -0.136. The molecule has 0 saturated heterocycles. The Morgan fingerprint density at radius 2 is 1.96 bits per heavy atom. The van der Waals surface area contributed by atoms with Gasteiger partial charge in [-0.3, -0.25) is 4.90 Å². The lowest BCUT2D eigenvalue weighted by Gasteiger charge is -2.35. The van der Waals surface area contributed by atoms with Crippen molar-refractivity contribution in [2.24, 2.45) is 0 Å². The number of nitrogens with zero attached hydrogens (tertiary/aromatic N) is 1. The van der Waals surface area contributed by atoms with Gasteiger partial charge in [-0.25, -0.2) is 9.59 Å². The maximum Gasteiger partial charge on any atom is 0.337 e. The van der Waals surface area contributed by atoms with Crippen LogP contribution in [-0.4, -0.2) is 44.3 Å². The lowest BCUT2D eigenvalue weighted by atomic mass is 9.95. The summed E-state index contributed by atoms with van der Waals surface area (Å²) in [6, 6.07) is 6.11. The smallest absolute Gasteiger partial charge is 0.337 e. The Labute approximate surface area is 140 Å². The first-order valence-electron chi connectivity index (χ1n) is 7.11. The second-order valence-corrected chi connectivity index (χ2v) is 5.51. The van der Waals surface area contributed by atoms with E-state index in [9.17, 15) is 9.59 Å². The van der Waals surface area contributed by atoms with E-state index in [-0.39, 0.29) is 6.03 Å². The SMILES string of the molecule is COCCN1C(=O)N[C@H](c2ccc(Cl)cc2)C(C(=O)OC)=C1C. The Balaban J connectivity index is 2.45. The number of benzene rings is 1. The van der Waals surface area contributed by atoms with Gasteiger partial charge in [-0.2, -0.15) is 0 Å². The first-order chi connectivity index (χ1) is 11.0. The fourth-order valence-electron chi connectivity index (χ4n) is 2.51. The molecule has 7 heteroatoms. The van der Waals surface area contributed by atoms with Crippen LogP contribution in [0.5, 0.6) is 0 Å². The minimum Gasteiger partial charge on any atom is -0.466 e. The van der Waals surface area contributed by atoms with Gasteiger partial charge < -0.3 is 14.8 Å². The Kier molecular flexibility index (Phi) is 5.63. The van der Waals surface area contributed by atoms with Crippen LogP contribution in [0.1, 0.15) is 18.5 Å². The van der Waals surface area contributed by atoms with Gasteiger partial charge in [0.1, 0.15) is 0 Å². The number of ether oxygens (including phenoxy) is 2. The number of esters is 1. The molecular formula is C16H19ClN2O4. The molecule has 23 heavy (non-hydrogen) atoms. The standard InChI is InChI=1S/C16H19ClN2O4/c1-10-13(15(20)23-3)14(11-4-6-12(17)7-5-11)18-16(21)19(10)8-9-22-2/h4-7,14H,8-9H2,1-3H3,(H,18,21)/t14-/m1/s1. The molecular weight excluding hydrogens is 320 g/mol. The third kappa shape index (κ3) is 3.65. The van der Waals surface area contributed by atoms with Crippen LogP contribution in [0, 0.1) is 0 Å². The second-order valence-electron chi connectivity index (χ2n) is 5.07. The number of rotatable bonds is 5. The first kappa shape index (κ1) is 17.3. The zero-order valence-electron chi connectivity index (χ0n) is 13.3. The molecule has 2 amide bonds. The van der Waals surface area contributed by atoms with Crippen molar-refractivity contribution in [3.63, 3.8) is 0 Å². The summed E-state index contributed by atoms with van der Waals surface area (Å²) in [5.41, 5.74) is 1.71. The quantitative estimate of drug-likeness (QED) is 0.838. The van der Waals surface area contributed by atoms with Crippen LogP contribution in [0.2, 0.25) is 5.02 Å². The molecule has 1 atom stereocenters. The van der Waals surface area contributed by atoms with Crippen LogP contribution < -0.4 is 5.32 Å². The Hall–Kier alpha value is -2.05. The molecule has 124 valence electrons. The van der Waals surface area contributed by atoms with E-state index in [1.54, 1.807) is 38.3 Å². The van der Waals surface area contributed by atoms with Gasteiger partial charge in [-0.15, -0.1) is 0 Å². The lowest BCUT2D eigenvalue weighted by Crippen LogP contribution is -2.48. The first-order valence-corrected chi connectivity index (χ1v) is 7.49. The van der Waals surface area contributed by atoms with E-state index in [1.807, 2.05) is 0 Å². The van der Waals surface area contributed by atoms with E-state index < -0.39 is 12.0 Å². The third-order valence-corrected chi connectivity index (χ3v) is 3.98. The second kappa shape index (κ2) is 7.48. The van der Waals surface area contributed by atoms with Gasteiger partial charge in [0.2, 0.25) is 0 Å². The summed E-state index contributed by atoms with van der Waals surface area (Å²) < 4.78 is 9.90. The Morgan fingerprint density at radius 1 is 1.30 bits per heavy atom. The Morgan fingerprint density at radius 3 is 2.52 bits per heavy atom. The van der Waals surface area contributed by atoms with E-state index in [1.165, 1.54) is 12.0 Å². The van der Waals surface area contributed by atoms with Crippen LogP contribution in [-0.2, 0) is 14.3 Å². The molecule has 0 bridgehead atoms. The number of hydrogen-bond acceptors (Lipinski definition) is 4. The normalized spacial score (nSPS) is 18.0. The molecule has 0 aromatic heterocycles. The number of halogens is 1. The van der Waals surface area contributed by atoms with Gasteiger partial charge >= 0.3 is 12.0 Å². The molecule has 0 spiro atoms. The van der Waals surface area contributed by atoms with Crippen molar-refractivity contribution in [1.29, 1.82) is 0 Å². The molecule has 0 radical (unpaired) electrons. The molecule has 6 nitrogen and oxygen atoms in total. The predicted molar refractivity (Wildman–Crippen MR) is 86.0 cm³/mol. The molecule has 1 aliphatic heterocycles. The average molecular weight is 339 g/mol. The van der Waals surface area contributed by atoms with Crippen molar-refractivity contribution < 1.29 is 19.1 Å². The average Bonchev–Trinajstić information content (AvgIpc) is 2.54. The number of carbonyl (C=O) groups is 2. The molecule has 2 rings (SSSR count). The Bertz CT molecular complexity index is 627. The number of urea groups is 1. The summed E-state index contributed by atoms with van der Waals surface area (Å²) in [4.78, 5) is 26.1. The summed E-state index contributed by atoms with van der Waals surface area (Å²) >= 11 is 5.90. The number of nitrogens with one attached hydrogen (secondary N) is 1. The van der Waals surface area contributed by atoms with Crippen LogP contribution in [0.4, 0.5) is 4.79 Å². The fourth-order valence-corrected chi connectivity index (χ4v) is 2.64. The number of hydrogen-bond donors (Lipinski definition) is 1. The summed E-state index contributed by atoms with van der Waals surface area (Å²) in [5.74, 6) is -0.482. The highest BCUT2D eigenvalue weighted by Gasteiger charge is 2.35. The van der Waals surface area contributed by atoms with E-state index in [0.717, 1.165) is 5.56 Å². The molecule has 0 aliphatic carbocycles. The zero-order valence-corrected chi connectivity index (χ0v) is 14.0. The van der Waals surface area contributed by atoms with Crippen molar-refractivity contribution in [2.45, 2.75) is 13.0 Å². The minimum absolute atomic E-state index is 0.285. The van der Waals surface area contributed by atoms with Gasteiger partial charge in [-0.05, 0) is 24.6 Å². The van der Waals surface area contributed by atoms with Crippen LogP contribution in [0.25, 0.3) is 0 Å². The molecule has 0 unspecified atom stereocenters. The fraction of sp³-hybridized carbons (Fsp3) is 0.375.